The van der Waals surface area contributed by atoms with Crippen LogP contribution < -0.4 is 0 Å². The highest BCUT2D eigenvalue weighted by Gasteiger charge is 2.37. The zero-order chi connectivity index (χ0) is 25.7. The van der Waals surface area contributed by atoms with Crippen LogP contribution in [-0.2, 0) is 38.4 Å². The van der Waals surface area contributed by atoms with Gasteiger partial charge in [-0.3, -0.25) is 9.59 Å². The van der Waals surface area contributed by atoms with Crippen molar-refractivity contribution in [3.63, 3.8) is 0 Å². The van der Waals surface area contributed by atoms with Gasteiger partial charge in [-0.1, -0.05) is 6.92 Å². The fourth-order valence-corrected chi connectivity index (χ4v) is 5.30. The maximum atomic E-state index is 13.3. The van der Waals surface area contributed by atoms with Crippen LogP contribution in [-0.4, -0.2) is 54.8 Å². The fraction of sp³-hybridized carbons (Fsp3) is 0.619. The average molecular weight is 517 g/mol. The second-order valence-corrected chi connectivity index (χ2v) is 10.0. The first kappa shape index (κ1) is 27.9. The predicted octanol–water partition coefficient (Wildman–Crippen LogP) is 4.24. The third-order valence-corrected chi connectivity index (χ3v) is 7.36. The van der Waals surface area contributed by atoms with Gasteiger partial charge in [0.25, 0.3) is 0 Å². The minimum Gasteiger partial charge on any atom is -0.343 e. The summed E-state index contributed by atoms with van der Waals surface area (Å²) < 4.78 is 105. The van der Waals surface area contributed by atoms with E-state index < -0.39 is 57.8 Å². The molecule has 192 valence electrons. The maximum absolute atomic E-state index is 13.3. The van der Waals surface area contributed by atoms with E-state index in [2.05, 4.69) is 0 Å². The van der Waals surface area contributed by atoms with Crippen LogP contribution in [0.25, 0.3) is 0 Å². The summed E-state index contributed by atoms with van der Waals surface area (Å²) in [6.45, 7) is 2.03. The molecule has 1 aliphatic rings. The van der Waals surface area contributed by atoms with Gasteiger partial charge in [-0.2, -0.15) is 26.3 Å². The van der Waals surface area contributed by atoms with Gasteiger partial charge >= 0.3 is 12.4 Å². The number of hydrogen-bond donors (Lipinski definition) is 0. The third kappa shape index (κ3) is 7.34. The minimum absolute atomic E-state index is 0.0847. The lowest BCUT2D eigenvalue weighted by Crippen LogP contribution is -2.40. The highest BCUT2D eigenvalue weighted by Crippen LogP contribution is 2.37. The summed E-state index contributed by atoms with van der Waals surface area (Å²) in [6.07, 6.45) is -9.90. The summed E-state index contributed by atoms with van der Waals surface area (Å²) in [4.78, 5) is 26.0. The van der Waals surface area contributed by atoms with Crippen molar-refractivity contribution in [2.24, 2.45) is 0 Å². The number of rotatable bonds is 10. The van der Waals surface area contributed by atoms with Gasteiger partial charge < -0.3 is 4.90 Å². The van der Waals surface area contributed by atoms with Gasteiger partial charge in [-0.05, 0) is 49.4 Å². The average Bonchev–Trinajstić information content (AvgIpc) is 3.12. The van der Waals surface area contributed by atoms with E-state index in [1.165, 1.54) is 4.90 Å². The molecule has 0 radical (unpaired) electrons. The van der Waals surface area contributed by atoms with Crippen molar-refractivity contribution in [3.05, 3.63) is 34.9 Å². The Morgan fingerprint density at radius 1 is 1.12 bits per heavy atom. The first-order chi connectivity index (χ1) is 15.7. The molecule has 0 unspecified atom stereocenters. The molecule has 6 nitrogen and oxygen atoms in total. The number of sulfonamides is 1. The zero-order valence-corrected chi connectivity index (χ0v) is 19.3. The molecule has 1 saturated heterocycles. The van der Waals surface area contributed by atoms with Gasteiger partial charge in [0.2, 0.25) is 21.8 Å². The first-order valence-electron chi connectivity index (χ1n) is 10.7. The Hall–Kier alpha value is -2.31. The van der Waals surface area contributed by atoms with Crippen molar-refractivity contribution in [3.8, 4) is 0 Å². The van der Waals surface area contributed by atoms with Gasteiger partial charge in [0, 0.05) is 32.5 Å². The molecule has 1 aromatic carbocycles. The van der Waals surface area contributed by atoms with Gasteiger partial charge in [-0.25, -0.2) is 12.7 Å². The van der Waals surface area contributed by atoms with E-state index in [4.69, 9.17) is 0 Å². The summed E-state index contributed by atoms with van der Waals surface area (Å²) >= 11 is 0. The molecule has 1 heterocycles. The summed E-state index contributed by atoms with van der Waals surface area (Å²) in [5.41, 5.74) is -3.36. The van der Waals surface area contributed by atoms with Crippen molar-refractivity contribution >= 4 is 21.8 Å². The zero-order valence-electron chi connectivity index (χ0n) is 18.5. The number of likely N-dealkylation sites (tertiary alicyclic amines) is 1. The van der Waals surface area contributed by atoms with Crippen molar-refractivity contribution in [2.75, 3.05) is 25.4 Å². The molecule has 34 heavy (non-hydrogen) atoms. The van der Waals surface area contributed by atoms with E-state index in [9.17, 15) is 44.3 Å². The smallest absolute Gasteiger partial charge is 0.343 e. The second kappa shape index (κ2) is 11.0. The molecule has 13 heteroatoms. The van der Waals surface area contributed by atoms with Crippen LogP contribution >= 0.6 is 0 Å². The molecule has 2 amide bonds. The summed E-state index contributed by atoms with van der Waals surface area (Å²) in [7, 11) is -4.08. The van der Waals surface area contributed by atoms with Crippen LogP contribution in [0.4, 0.5) is 26.3 Å². The van der Waals surface area contributed by atoms with E-state index >= 15 is 0 Å². The second-order valence-electron chi connectivity index (χ2n) is 7.99. The third-order valence-electron chi connectivity index (χ3n) is 5.38. The lowest BCUT2D eigenvalue weighted by molar-refractivity contribution is -0.142. The Bertz CT molecular complexity index is 992. The van der Waals surface area contributed by atoms with Crippen LogP contribution in [0.1, 0.15) is 55.7 Å². The molecule has 2 rings (SSSR count). The van der Waals surface area contributed by atoms with E-state index in [0.29, 0.717) is 41.9 Å². The van der Waals surface area contributed by atoms with Crippen LogP contribution in [0.15, 0.2) is 18.2 Å². The largest absolute Gasteiger partial charge is 0.416 e. The number of carbonyl (C=O) groups excluding carboxylic acids is 2. The van der Waals surface area contributed by atoms with Crippen molar-refractivity contribution in [1.29, 1.82) is 0 Å². The Balaban J connectivity index is 2.20. The topological polar surface area (TPSA) is 74.8 Å². The summed E-state index contributed by atoms with van der Waals surface area (Å²) in [6, 6.07) is 0.951. The molecular weight excluding hydrogens is 490 g/mol. The molecule has 0 aromatic heterocycles. The highest BCUT2D eigenvalue weighted by molar-refractivity contribution is 7.89. The molecule has 1 aliphatic heterocycles. The van der Waals surface area contributed by atoms with E-state index in [0.717, 1.165) is 0 Å². The molecular formula is C21H26F6N2O4S. The molecule has 0 N–H and O–H groups in total. The Kier molecular flexibility index (Phi) is 9.00. The monoisotopic (exact) mass is 516 g/mol. The van der Waals surface area contributed by atoms with Gasteiger partial charge in [-0.15, -0.1) is 0 Å². The van der Waals surface area contributed by atoms with E-state index in [1.54, 1.807) is 6.92 Å². The lowest BCUT2D eigenvalue weighted by atomic mass is 9.99. The van der Waals surface area contributed by atoms with Crippen LogP contribution in [0, 0.1) is 0 Å². The number of aryl methyl sites for hydroxylation is 1. The van der Waals surface area contributed by atoms with E-state index in [1.807, 2.05) is 0 Å². The number of carbonyl (C=O) groups is 2. The summed E-state index contributed by atoms with van der Waals surface area (Å²) in [5, 5.41) is 0. The Labute approximate surface area is 193 Å². The SMILES string of the molecule is CCCS(=O)(=O)N(CCCN1CCCC1=O)C(=O)CCc1cc(C(F)(F)F)ccc1C(F)(F)F. The van der Waals surface area contributed by atoms with Crippen LogP contribution in [0.2, 0.25) is 0 Å². The fourth-order valence-electron chi connectivity index (χ4n) is 3.75. The standard InChI is InChI=1S/C21H26F6N2O4S/c1-2-13-34(32,33)29(12-4-11-28-10-3-5-18(28)30)19(31)9-6-15-14-16(20(22,23)24)7-8-17(15)21(25,26)27/h7-8,14H,2-6,9-13H2,1H3. The molecule has 0 saturated carbocycles. The van der Waals surface area contributed by atoms with Crippen molar-refractivity contribution in [2.45, 2.75) is 57.8 Å². The normalized spacial score (nSPS) is 15.1. The molecule has 0 aliphatic carbocycles. The van der Waals surface area contributed by atoms with Crippen molar-refractivity contribution in [1.82, 2.24) is 9.21 Å². The minimum atomic E-state index is -4.95. The lowest BCUT2D eigenvalue weighted by Gasteiger charge is -2.24. The van der Waals surface area contributed by atoms with Crippen molar-refractivity contribution < 1.29 is 44.3 Å². The quantitative estimate of drug-likeness (QED) is 0.436. The van der Waals surface area contributed by atoms with E-state index in [-0.39, 0.29) is 37.6 Å². The molecule has 1 aromatic rings. The number of benzene rings is 1. The number of hydrogen-bond acceptors (Lipinski definition) is 4. The molecule has 0 bridgehead atoms. The molecule has 0 atom stereocenters. The number of alkyl halides is 6. The Morgan fingerprint density at radius 2 is 1.79 bits per heavy atom. The first-order valence-corrected chi connectivity index (χ1v) is 12.4. The molecule has 1 fully saturated rings. The van der Waals surface area contributed by atoms with Gasteiger partial charge in [0.15, 0.2) is 0 Å². The summed E-state index contributed by atoms with van der Waals surface area (Å²) in [5.74, 6) is -1.47. The number of halogens is 6. The van der Waals surface area contributed by atoms with Crippen LogP contribution in [0.5, 0.6) is 0 Å². The maximum Gasteiger partial charge on any atom is 0.416 e. The van der Waals surface area contributed by atoms with Gasteiger partial charge in [0.05, 0.1) is 16.9 Å². The number of nitrogens with zero attached hydrogens (tertiary/aromatic N) is 2. The predicted molar refractivity (Wildman–Crippen MR) is 111 cm³/mol. The van der Waals surface area contributed by atoms with Gasteiger partial charge in [0.1, 0.15) is 0 Å². The Morgan fingerprint density at radius 3 is 2.32 bits per heavy atom. The molecule has 0 spiro atoms. The number of amides is 2. The van der Waals surface area contributed by atoms with Crippen LogP contribution in [0.3, 0.4) is 0 Å². The highest BCUT2D eigenvalue weighted by atomic mass is 32.2.